The SMILES string of the molecule is Cc1ccc(-c2ccc(-c3ccc(-c4ccc(C5C=CC(=c6cc/c(=c7/ccc(=C8C=CC(C)N8)[nH]7)[nH]6)N5)n4Cc4ccc(C(CC(CC(CC(C)c5ccc(S(=O)(=O)O)cc5)c5ccc(S(=O)(=O)O)cc5)c5ccc(S(=O)(=O)O)cc5)CC(CC(CC(CC(C)c5ccc(S(=O)(=O)O)cc5)c5ccc(S(=O)(=O)O)cc5)c5ccc(S(=O)(=O)O)cc5)c5ccc(S(=O)(=O)O)cc5)cc4)[nH]3)[nH]2)[nH]1. The first kappa shape index (κ1) is 96.7. The average Bonchev–Trinajstić information content (AvgIpc) is 1.62. The fraction of sp³-hybridized carbons (Fsp3) is 0.220. The summed E-state index contributed by atoms with van der Waals surface area (Å²) < 4.78 is 253. The van der Waals surface area contributed by atoms with E-state index in [0.29, 0.717) is 38.9 Å². The van der Waals surface area contributed by atoms with Crippen molar-refractivity contribution in [1.29, 1.82) is 0 Å². The summed E-state index contributed by atoms with van der Waals surface area (Å²) in [4.78, 5) is 15.0. The second-order valence-corrected chi connectivity index (χ2v) is 45.2. The number of aromatic nitrogens is 6. The zero-order chi connectivity index (χ0) is 96.7. The third-order valence-electron chi connectivity index (χ3n) is 26.0. The number of aryl methyl sites for hydroxylation is 1. The number of nitrogens with zero attached hydrogens (tertiary/aromatic N) is 1. The zero-order valence-electron chi connectivity index (χ0n) is 73.8. The molecule has 708 valence electrons. The van der Waals surface area contributed by atoms with Crippen LogP contribution in [-0.4, -0.2) is 126 Å². The molecular weight excluding hydrogens is 1870 g/mol. The van der Waals surface area contributed by atoms with Crippen LogP contribution in [0.1, 0.15) is 181 Å². The quantitative estimate of drug-likeness (QED) is 0.0164. The maximum absolute atomic E-state index is 13.1. The van der Waals surface area contributed by atoms with Gasteiger partial charge in [-0.1, -0.05) is 135 Å². The molecule has 2 aliphatic heterocycles. The molecule has 0 saturated carbocycles. The highest BCUT2D eigenvalue weighted by Crippen LogP contribution is 2.49. The lowest BCUT2D eigenvalue weighted by atomic mass is 9.71. The van der Waals surface area contributed by atoms with Gasteiger partial charge in [-0.3, -0.25) is 31.9 Å². The van der Waals surface area contributed by atoms with E-state index in [0.717, 1.165) is 89.5 Å². The summed E-state index contributed by atoms with van der Waals surface area (Å²) in [5.74, 6) is -4.80. The van der Waals surface area contributed by atoms with Crippen LogP contribution in [0.25, 0.3) is 45.6 Å². The fourth-order valence-corrected chi connectivity index (χ4v) is 22.2. The number of hydrogen-bond donors (Lipinski definition) is 14. The Morgan fingerprint density at radius 1 is 0.279 bits per heavy atom. The zero-order valence-corrected chi connectivity index (χ0v) is 79.5. The van der Waals surface area contributed by atoms with E-state index in [2.05, 4.69) is 83.5 Å². The number of benzene rings is 8. The Kier molecular flexibility index (Phi) is 27.8. The Labute approximate surface area is 788 Å². The molecule has 10 atom stereocenters. The van der Waals surface area contributed by atoms with Crippen molar-refractivity contribution in [2.24, 2.45) is 0 Å². The largest absolute Gasteiger partial charge is 0.377 e. The highest BCUT2D eigenvalue weighted by Gasteiger charge is 2.34. The van der Waals surface area contributed by atoms with Crippen LogP contribution >= 0.6 is 0 Å². The second-order valence-electron chi connectivity index (χ2n) is 35.2. The number of hydrogen-bond acceptors (Lipinski definition) is 16. The van der Waals surface area contributed by atoms with Gasteiger partial charge >= 0.3 is 0 Å². The topological polar surface area (TPSA) is 489 Å². The summed E-state index contributed by atoms with van der Waals surface area (Å²) in [5, 5.41) is 10.8. The first-order valence-electron chi connectivity index (χ1n) is 43.7. The molecule has 0 saturated heterocycles. The maximum atomic E-state index is 13.1. The van der Waals surface area contributed by atoms with Crippen LogP contribution in [0.15, 0.2) is 325 Å². The van der Waals surface area contributed by atoms with Crippen LogP contribution in [0.2, 0.25) is 0 Å². The van der Waals surface area contributed by atoms with Crippen LogP contribution < -0.4 is 21.3 Å². The lowest BCUT2D eigenvalue weighted by molar-refractivity contribution is 0.379. The second kappa shape index (κ2) is 39.0. The third kappa shape index (κ3) is 23.0. The minimum atomic E-state index is -4.84. The molecule has 0 spiro atoms. The normalized spacial score (nSPS) is 17.4. The molecule has 29 nitrogen and oxygen atoms in total. The molecule has 2 aliphatic rings. The standard InChI is InChI=1S/C100H100N8O21S7/c1-61(66-11-25-80(26-12-66)130(109,110)111)53-74(69-15-29-82(30-16-69)132(115,116)117)55-76(71-19-33-84(34-20-71)134(121,122)123)57-78(59-79(73-23-37-86(38-24-73)136(127,128)129)58-77(72-21-35-85(36-22-72)135(124,125)126)56-75(70-17-31-83(32-18-70)133(118,119)120)54-62(2)67-13-27-81(28-14-67)131(112,113)114)68-9-7-65(8-10-68)60-108-99(97-49-47-95(106-97)93-44-42-90(104-93)88-40-6-64(4)102-88)51-52-100(108)98-50-48-96(107-98)94-46-45-92(105-94)91-43-41-89(103-91)87-39-5-63(3)101-87/h5-52,61-63,74-79,98,101-107H,53-60H2,1-4H3,(H,109,110,111)(H,112,113,114)(H,115,116,117)(H,118,119,120)(H,121,122,123)(H,124,125,126)(H,127,128,129)/b89-87?,92-91+,96-94?. The molecule has 14 aromatic rings. The summed E-state index contributed by atoms with van der Waals surface area (Å²) in [6, 6.07) is 71.8. The average molecular weight is 1970 g/mol. The molecule has 0 amide bonds. The van der Waals surface area contributed by atoms with Crippen molar-refractivity contribution in [3.05, 3.63) is 374 Å². The van der Waals surface area contributed by atoms with Crippen LogP contribution in [0, 0.1) is 17.6 Å². The summed E-state index contributed by atoms with van der Waals surface area (Å²) >= 11 is 0. The number of nitrogens with one attached hydrogen (secondary N) is 7. The van der Waals surface area contributed by atoms with Crippen molar-refractivity contribution in [3.8, 4) is 34.2 Å². The van der Waals surface area contributed by atoms with Gasteiger partial charge in [-0.2, -0.15) is 58.9 Å². The predicted octanol–water partition coefficient (Wildman–Crippen LogP) is 17.5. The molecule has 136 heavy (non-hydrogen) atoms. The Bertz CT molecular complexity index is 7960. The van der Waals surface area contributed by atoms with Crippen molar-refractivity contribution in [1.82, 2.24) is 40.1 Å². The number of aromatic amines is 5. The molecule has 10 unspecified atom stereocenters. The van der Waals surface area contributed by atoms with Gasteiger partial charge in [0.1, 0.15) is 0 Å². The van der Waals surface area contributed by atoms with Crippen LogP contribution in [0.3, 0.4) is 0 Å². The van der Waals surface area contributed by atoms with Crippen molar-refractivity contribution in [2.45, 2.75) is 173 Å². The highest BCUT2D eigenvalue weighted by molar-refractivity contribution is 7.87. The molecule has 8 aromatic carbocycles. The Morgan fingerprint density at radius 2 is 0.551 bits per heavy atom. The van der Waals surface area contributed by atoms with Crippen LogP contribution in [0.5, 0.6) is 0 Å². The predicted molar refractivity (Wildman–Crippen MR) is 516 cm³/mol. The van der Waals surface area contributed by atoms with E-state index in [9.17, 15) is 90.8 Å². The monoisotopic (exact) mass is 1970 g/mol. The van der Waals surface area contributed by atoms with Gasteiger partial charge in [-0.25, -0.2) is 0 Å². The third-order valence-corrected chi connectivity index (χ3v) is 32.1. The minimum Gasteiger partial charge on any atom is -0.377 e. The van der Waals surface area contributed by atoms with Crippen molar-refractivity contribution in [2.75, 3.05) is 0 Å². The van der Waals surface area contributed by atoms with Gasteiger partial charge in [0.25, 0.3) is 70.8 Å². The van der Waals surface area contributed by atoms with E-state index < -0.39 is 143 Å². The fourth-order valence-electron chi connectivity index (χ4n) is 18.8. The molecule has 0 fully saturated rings. The van der Waals surface area contributed by atoms with Crippen molar-refractivity contribution >= 4 is 82.2 Å². The van der Waals surface area contributed by atoms with E-state index >= 15 is 0 Å². The Balaban J connectivity index is 0.847. The summed E-state index contributed by atoms with van der Waals surface area (Å²) in [6.45, 7) is 8.14. The Hall–Kier alpha value is -12.4. The van der Waals surface area contributed by atoms with Gasteiger partial charge in [0.05, 0.1) is 107 Å². The first-order chi connectivity index (χ1) is 64.3. The van der Waals surface area contributed by atoms with Gasteiger partial charge in [0.2, 0.25) is 0 Å². The number of rotatable bonds is 35. The van der Waals surface area contributed by atoms with E-state index in [1.54, 1.807) is 84.9 Å². The first-order valence-corrected chi connectivity index (χ1v) is 53.8. The lowest BCUT2D eigenvalue weighted by Crippen LogP contribution is -2.22. The van der Waals surface area contributed by atoms with Gasteiger partial charge in [0, 0.05) is 24.0 Å². The molecular formula is C100H100N8O21S7. The highest BCUT2D eigenvalue weighted by atomic mass is 32.2. The van der Waals surface area contributed by atoms with Crippen molar-refractivity contribution < 1.29 is 90.8 Å². The van der Waals surface area contributed by atoms with Gasteiger partial charge in [-0.05, 0) is 326 Å². The van der Waals surface area contributed by atoms with Crippen LogP contribution in [0.4, 0.5) is 0 Å². The molecule has 6 aromatic heterocycles. The molecule has 36 heteroatoms. The molecule has 14 N–H and O–H groups in total. The number of H-pyrrole nitrogens is 5. The van der Waals surface area contributed by atoms with E-state index in [1.165, 1.54) is 84.9 Å². The Morgan fingerprint density at radius 3 is 0.860 bits per heavy atom. The van der Waals surface area contributed by atoms with Crippen LogP contribution in [-0.2, 0) is 77.4 Å². The van der Waals surface area contributed by atoms with E-state index in [4.69, 9.17) is 0 Å². The summed E-state index contributed by atoms with van der Waals surface area (Å²) in [7, 11) is -33.2. The van der Waals surface area contributed by atoms with Gasteiger partial charge in [-0.15, -0.1) is 0 Å². The van der Waals surface area contributed by atoms with Crippen molar-refractivity contribution in [3.63, 3.8) is 0 Å². The van der Waals surface area contributed by atoms with Gasteiger partial charge < -0.3 is 40.1 Å². The molecule has 8 heterocycles. The molecule has 16 rings (SSSR count). The minimum absolute atomic E-state index is 0.111. The molecule has 0 bridgehead atoms. The van der Waals surface area contributed by atoms with E-state index in [1.807, 2.05) is 106 Å². The molecule has 0 aliphatic carbocycles. The lowest BCUT2D eigenvalue weighted by Gasteiger charge is -2.34. The summed E-state index contributed by atoms with van der Waals surface area (Å²) in [6.07, 6.45) is 9.58. The summed E-state index contributed by atoms with van der Waals surface area (Å²) in [5.41, 5.74) is 14.5. The maximum Gasteiger partial charge on any atom is 0.294 e. The molecule has 0 radical (unpaired) electrons. The smallest absolute Gasteiger partial charge is 0.294 e. The van der Waals surface area contributed by atoms with E-state index in [-0.39, 0.29) is 73.4 Å². The van der Waals surface area contributed by atoms with Gasteiger partial charge in [0.15, 0.2) is 0 Å².